The molecule has 3 rings (SSSR count). The first-order chi connectivity index (χ1) is 12.5. The maximum Gasteiger partial charge on any atom is 0.324 e. The number of methoxy groups -OCH3 is 1. The highest BCUT2D eigenvalue weighted by atomic mass is 16.5. The van der Waals surface area contributed by atoms with Gasteiger partial charge in [-0.1, -0.05) is 17.2 Å². The summed E-state index contributed by atoms with van der Waals surface area (Å²) in [5, 5.41) is 13.0. The van der Waals surface area contributed by atoms with Crippen molar-refractivity contribution in [2.45, 2.75) is 20.3 Å². The predicted molar refractivity (Wildman–Crippen MR) is 95.2 cm³/mol. The average Bonchev–Trinajstić information content (AvgIpc) is 3.21. The van der Waals surface area contributed by atoms with Gasteiger partial charge in [0.15, 0.2) is 0 Å². The van der Waals surface area contributed by atoms with Gasteiger partial charge in [-0.15, -0.1) is 5.10 Å². The van der Waals surface area contributed by atoms with Crippen LogP contribution in [0.4, 0.5) is 10.8 Å². The van der Waals surface area contributed by atoms with E-state index in [1.165, 1.54) is 0 Å². The van der Waals surface area contributed by atoms with Crippen molar-refractivity contribution < 1.29 is 18.4 Å². The fourth-order valence-corrected chi connectivity index (χ4v) is 2.48. The van der Waals surface area contributed by atoms with Crippen LogP contribution in [0, 0.1) is 13.8 Å². The SMILES string of the molecule is COc1ccc(CCNC(=O)Nc2nnc(-c3cc(C)oc3C)o2)cc1. The summed E-state index contributed by atoms with van der Waals surface area (Å²) in [7, 11) is 1.62. The molecule has 136 valence electrons. The van der Waals surface area contributed by atoms with Crippen LogP contribution in [0.1, 0.15) is 17.1 Å². The molecule has 2 N–H and O–H groups in total. The number of furan rings is 1. The average molecular weight is 356 g/mol. The van der Waals surface area contributed by atoms with Gasteiger partial charge in [0, 0.05) is 6.54 Å². The van der Waals surface area contributed by atoms with Gasteiger partial charge in [-0.05, 0) is 44.0 Å². The molecule has 2 amide bonds. The summed E-state index contributed by atoms with van der Waals surface area (Å²) in [4.78, 5) is 11.9. The van der Waals surface area contributed by atoms with Crippen LogP contribution in [0.2, 0.25) is 0 Å². The Morgan fingerprint density at radius 1 is 1.15 bits per heavy atom. The van der Waals surface area contributed by atoms with E-state index in [9.17, 15) is 4.79 Å². The third-order valence-electron chi connectivity index (χ3n) is 3.78. The number of carbonyl (C=O) groups is 1. The van der Waals surface area contributed by atoms with Crippen LogP contribution < -0.4 is 15.4 Å². The molecular formula is C18H20N4O4. The number of rotatable bonds is 6. The zero-order valence-corrected chi connectivity index (χ0v) is 14.8. The van der Waals surface area contributed by atoms with Crippen LogP contribution in [0.15, 0.2) is 39.2 Å². The summed E-state index contributed by atoms with van der Waals surface area (Å²) in [6.45, 7) is 4.12. The second-order valence-corrected chi connectivity index (χ2v) is 5.72. The lowest BCUT2D eigenvalue weighted by Gasteiger charge is -2.05. The van der Waals surface area contributed by atoms with E-state index >= 15 is 0 Å². The Hall–Kier alpha value is -3.29. The summed E-state index contributed by atoms with van der Waals surface area (Å²) < 4.78 is 16.0. The fraction of sp³-hybridized carbons (Fsp3) is 0.278. The first-order valence-electron chi connectivity index (χ1n) is 8.14. The van der Waals surface area contributed by atoms with Crippen molar-refractivity contribution in [3.63, 3.8) is 0 Å². The van der Waals surface area contributed by atoms with Crippen molar-refractivity contribution in [2.75, 3.05) is 19.0 Å². The number of aryl methyl sites for hydroxylation is 2. The highest BCUT2D eigenvalue weighted by Crippen LogP contribution is 2.26. The minimum Gasteiger partial charge on any atom is -0.497 e. The monoisotopic (exact) mass is 356 g/mol. The van der Waals surface area contributed by atoms with E-state index in [-0.39, 0.29) is 6.01 Å². The second-order valence-electron chi connectivity index (χ2n) is 5.72. The van der Waals surface area contributed by atoms with Gasteiger partial charge in [0.1, 0.15) is 17.3 Å². The van der Waals surface area contributed by atoms with Gasteiger partial charge in [0.05, 0.1) is 12.7 Å². The molecule has 2 heterocycles. The molecule has 0 fully saturated rings. The van der Waals surface area contributed by atoms with E-state index in [1.807, 2.05) is 44.2 Å². The molecule has 0 radical (unpaired) electrons. The number of anilines is 1. The Morgan fingerprint density at radius 3 is 2.58 bits per heavy atom. The minimum absolute atomic E-state index is 0.0280. The Labute approximate surface area is 150 Å². The number of carbonyl (C=O) groups excluding carboxylic acids is 1. The van der Waals surface area contributed by atoms with Crippen LogP contribution in [-0.4, -0.2) is 29.9 Å². The number of aromatic nitrogens is 2. The fourth-order valence-electron chi connectivity index (χ4n) is 2.48. The molecule has 0 atom stereocenters. The molecule has 26 heavy (non-hydrogen) atoms. The van der Waals surface area contributed by atoms with E-state index in [0.717, 1.165) is 17.1 Å². The molecule has 0 aliphatic heterocycles. The molecule has 0 aliphatic rings. The molecular weight excluding hydrogens is 336 g/mol. The van der Waals surface area contributed by atoms with Crippen molar-refractivity contribution >= 4 is 12.0 Å². The Balaban J connectivity index is 1.49. The maximum absolute atomic E-state index is 11.9. The molecule has 0 aliphatic carbocycles. The lowest BCUT2D eigenvalue weighted by molar-refractivity contribution is 0.251. The van der Waals surface area contributed by atoms with Crippen LogP contribution in [-0.2, 0) is 6.42 Å². The van der Waals surface area contributed by atoms with Gasteiger partial charge >= 0.3 is 12.0 Å². The van der Waals surface area contributed by atoms with Gasteiger partial charge in [-0.3, -0.25) is 5.32 Å². The minimum atomic E-state index is -0.409. The Morgan fingerprint density at radius 2 is 1.92 bits per heavy atom. The van der Waals surface area contributed by atoms with Crippen molar-refractivity contribution in [3.8, 4) is 17.2 Å². The quantitative estimate of drug-likeness (QED) is 0.702. The molecule has 0 unspecified atom stereocenters. The van der Waals surface area contributed by atoms with E-state index in [1.54, 1.807) is 7.11 Å². The smallest absolute Gasteiger partial charge is 0.324 e. The topological polar surface area (TPSA) is 102 Å². The van der Waals surface area contributed by atoms with Crippen molar-refractivity contribution in [1.29, 1.82) is 0 Å². The first-order valence-corrected chi connectivity index (χ1v) is 8.14. The molecule has 0 saturated carbocycles. The lowest BCUT2D eigenvalue weighted by Crippen LogP contribution is -2.30. The molecule has 0 saturated heterocycles. The third kappa shape index (κ3) is 4.21. The number of nitrogens with zero attached hydrogens (tertiary/aromatic N) is 2. The number of ether oxygens (including phenoxy) is 1. The number of urea groups is 1. The van der Waals surface area contributed by atoms with Gasteiger partial charge in [0.2, 0.25) is 0 Å². The van der Waals surface area contributed by atoms with Crippen LogP contribution in [0.25, 0.3) is 11.5 Å². The largest absolute Gasteiger partial charge is 0.497 e. The van der Waals surface area contributed by atoms with Gasteiger partial charge in [-0.25, -0.2) is 4.79 Å². The molecule has 3 aromatic rings. The second kappa shape index (κ2) is 7.73. The molecule has 8 nitrogen and oxygen atoms in total. The highest BCUT2D eigenvalue weighted by molar-refractivity contribution is 5.86. The van der Waals surface area contributed by atoms with Crippen molar-refractivity contribution in [1.82, 2.24) is 15.5 Å². The highest BCUT2D eigenvalue weighted by Gasteiger charge is 2.15. The molecule has 1 aromatic carbocycles. The normalized spacial score (nSPS) is 10.6. The first kappa shape index (κ1) is 17.5. The number of hydrogen-bond donors (Lipinski definition) is 2. The standard InChI is InChI=1S/C18H20N4O4/c1-11-10-15(12(2)25-11)16-21-22-18(26-16)20-17(23)19-9-8-13-4-6-14(24-3)7-5-13/h4-7,10H,8-9H2,1-3H3,(H2,19,20,22,23). The van der Waals surface area contributed by atoms with Gasteiger partial charge in [0.25, 0.3) is 5.89 Å². The van der Waals surface area contributed by atoms with E-state index in [4.69, 9.17) is 13.6 Å². The predicted octanol–water partition coefficient (Wildman–Crippen LogP) is 3.32. The molecule has 0 spiro atoms. The Kier molecular flexibility index (Phi) is 5.21. The molecule has 0 bridgehead atoms. The van der Waals surface area contributed by atoms with E-state index in [0.29, 0.717) is 30.2 Å². The Bertz CT molecular complexity index is 883. The molecule has 2 aromatic heterocycles. The zero-order chi connectivity index (χ0) is 18.5. The van der Waals surface area contributed by atoms with Gasteiger partial charge < -0.3 is 18.9 Å². The number of amides is 2. The van der Waals surface area contributed by atoms with E-state index in [2.05, 4.69) is 20.8 Å². The number of nitrogens with one attached hydrogen (secondary N) is 2. The summed E-state index contributed by atoms with van der Waals surface area (Å²) in [6.07, 6.45) is 0.694. The van der Waals surface area contributed by atoms with Crippen molar-refractivity contribution in [2.24, 2.45) is 0 Å². The molecule has 8 heteroatoms. The summed E-state index contributed by atoms with van der Waals surface area (Å²) >= 11 is 0. The van der Waals surface area contributed by atoms with Crippen LogP contribution in [0.5, 0.6) is 5.75 Å². The summed E-state index contributed by atoms with van der Waals surface area (Å²) in [5.74, 6) is 2.53. The number of hydrogen-bond acceptors (Lipinski definition) is 6. The van der Waals surface area contributed by atoms with E-state index < -0.39 is 6.03 Å². The maximum atomic E-state index is 11.9. The van der Waals surface area contributed by atoms with Crippen LogP contribution >= 0.6 is 0 Å². The lowest BCUT2D eigenvalue weighted by atomic mass is 10.1. The third-order valence-corrected chi connectivity index (χ3v) is 3.78. The van der Waals surface area contributed by atoms with Crippen LogP contribution in [0.3, 0.4) is 0 Å². The zero-order valence-electron chi connectivity index (χ0n) is 14.8. The summed E-state index contributed by atoms with van der Waals surface area (Å²) in [6, 6.07) is 9.11. The number of benzene rings is 1. The van der Waals surface area contributed by atoms with Crippen molar-refractivity contribution in [3.05, 3.63) is 47.4 Å². The van der Waals surface area contributed by atoms with Gasteiger partial charge in [-0.2, -0.15) is 0 Å². The summed E-state index contributed by atoms with van der Waals surface area (Å²) in [5.41, 5.74) is 1.81.